The lowest BCUT2D eigenvalue weighted by atomic mass is 10.2. The number of methoxy groups -OCH3 is 1. The van der Waals surface area contributed by atoms with Crippen LogP contribution in [0.2, 0.25) is 5.02 Å². The molecule has 0 aliphatic carbocycles. The summed E-state index contributed by atoms with van der Waals surface area (Å²) in [5.74, 6) is 0.575. The SMILES string of the molecule is COc1ccc(CNC(=O)O)cc1Cl. The molecule has 0 aliphatic heterocycles. The predicted molar refractivity (Wildman–Crippen MR) is 52.9 cm³/mol. The topological polar surface area (TPSA) is 58.6 Å². The Bertz CT molecular complexity index is 341. The van der Waals surface area contributed by atoms with Crippen LogP contribution in [0.3, 0.4) is 0 Å². The van der Waals surface area contributed by atoms with Crippen LogP contribution in [-0.4, -0.2) is 18.3 Å². The third-order valence-corrected chi connectivity index (χ3v) is 1.96. The number of carbonyl (C=O) groups is 1. The highest BCUT2D eigenvalue weighted by Gasteiger charge is 2.02. The van der Waals surface area contributed by atoms with Crippen LogP contribution in [0.4, 0.5) is 4.79 Å². The fraction of sp³-hybridized carbons (Fsp3) is 0.222. The fourth-order valence-electron chi connectivity index (χ4n) is 0.998. The van der Waals surface area contributed by atoms with Gasteiger partial charge in [0, 0.05) is 6.54 Å². The second-order valence-electron chi connectivity index (χ2n) is 2.63. The van der Waals surface area contributed by atoms with Crippen molar-refractivity contribution in [1.82, 2.24) is 5.32 Å². The van der Waals surface area contributed by atoms with Gasteiger partial charge in [-0.15, -0.1) is 0 Å². The van der Waals surface area contributed by atoms with Gasteiger partial charge in [0.1, 0.15) is 5.75 Å². The van der Waals surface area contributed by atoms with E-state index in [4.69, 9.17) is 21.4 Å². The molecule has 0 bridgehead atoms. The van der Waals surface area contributed by atoms with Crippen LogP contribution in [0.15, 0.2) is 18.2 Å². The van der Waals surface area contributed by atoms with Crippen LogP contribution in [-0.2, 0) is 6.54 Å². The maximum Gasteiger partial charge on any atom is 0.404 e. The largest absolute Gasteiger partial charge is 0.495 e. The third kappa shape index (κ3) is 2.81. The molecule has 0 aliphatic rings. The van der Waals surface area contributed by atoms with E-state index in [1.54, 1.807) is 18.2 Å². The maximum absolute atomic E-state index is 10.2. The zero-order valence-electron chi connectivity index (χ0n) is 7.58. The molecule has 0 fully saturated rings. The number of nitrogens with one attached hydrogen (secondary N) is 1. The van der Waals surface area contributed by atoms with E-state index in [1.807, 2.05) is 0 Å². The molecule has 0 radical (unpaired) electrons. The van der Waals surface area contributed by atoms with Gasteiger partial charge in [0.15, 0.2) is 0 Å². The molecule has 4 nitrogen and oxygen atoms in total. The van der Waals surface area contributed by atoms with Crippen molar-refractivity contribution in [2.75, 3.05) is 7.11 Å². The number of hydrogen-bond donors (Lipinski definition) is 2. The van der Waals surface area contributed by atoms with Crippen molar-refractivity contribution in [2.24, 2.45) is 0 Å². The molecule has 1 amide bonds. The van der Waals surface area contributed by atoms with Crippen LogP contribution < -0.4 is 10.1 Å². The predicted octanol–water partition coefficient (Wildman–Crippen LogP) is 2.12. The molecule has 0 spiro atoms. The molecule has 0 heterocycles. The molecule has 14 heavy (non-hydrogen) atoms. The molecule has 0 saturated carbocycles. The summed E-state index contributed by atoms with van der Waals surface area (Å²) < 4.78 is 4.96. The van der Waals surface area contributed by atoms with Crippen molar-refractivity contribution in [2.45, 2.75) is 6.54 Å². The first-order chi connectivity index (χ1) is 6.63. The first-order valence-electron chi connectivity index (χ1n) is 3.92. The van der Waals surface area contributed by atoms with Gasteiger partial charge in [0.05, 0.1) is 12.1 Å². The summed E-state index contributed by atoms with van der Waals surface area (Å²) in [4.78, 5) is 10.2. The monoisotopic (exact) mass is 215 g/mol. The van der Waals surface area contributed by atoms with Gasteiger partial charge in [-0.2, -0.15) is 0 Å². The number of amides is 1. The smallest absolute Gasteiger partial charge is 0.404 e. The van der Waals surface area contributed by atoms with Crippen LogP contribution >= 0.6 is 11.6 Å². The van der Waals surface area contributed by atoms with E-state index in [2.05, 4.69) is 5.32 Å². The summed E-state index contributed by atoms with van der Waals surface area (Å²) in [6.07, 6.45) is -1.06. The summed E-state index contributed by atoms with van der Waals surface area (Å²) in [6, 6.07) is 5.11. The van der Waals surface area contributed by atoms with Crippen LogP contribution in [0.5, 0.6) is 5.75 Å². The van der Waals surface area contributed by atoms with E-state index in [9.17, 15) is 4.79 Å². The number of halogens is 1. The van der Waals surface area contributed by atoms with Crippen molar-refractivity contribution in [3.05, 3.63) is 28.8 Å². The van der Waals surface area contributed by atoms with E-state index in [1.165, 1.54) is 7.11 Å². The normalized spacial score (nSPS) is 9.57. The Kier molecular flexibility index (Phi) is 3.59. The molecule has 1 aromatic carbocycles. The number of hydrogen-bond acceptors (Lipinski definition) is 2. The Balaban J connectivity index is 2.71. The summed E-state index contributed by atoms with van der Waals surface area (Å²) >= 11 is 5.84. The highest BCUT2D eigenvalue weighted by molar-refractivity contribution is 6.32. The zero-order chi connectivity index (χ0) is 10.6. The summed E-state index contributed by atoms with van der Waals surface area (Å²) in [6.45, 7) is 0.235. The van der Waals surface area contributed by atoms with Crippen molar-refractivity contribution < 1.29 is 14.6 Å². The van der Waals surface area contributed by atoms with Crippen molar-refractivity contribution in [3.63, 3.8) is 0 Å². The maximum atomic E-state index is 10.2. The van der Waals surface area contributed by atoms with Gasteiger partial charge < -0.3 is 15.2 Å². The first-order valence-corrected chi connectivity index (χ1v) is 4.30. The van der Waals surface area contributed by atoms with E-state index in [0.29, 0.717) is 10.8 Å². The number of ether oxygens (including phenoxy) is 1. The summed E-state index contributed by atoms with van der Waals surface area (Å²) in [5.41, 5.74) is 0.790. The summed E-state index contributed by atoms with van der Waals surface area (Å²) in [7, 11) is 1.52. The lowest BCUT2D eigenvalue weighted by Crippen LogP contribution is -2.19. The Morgan fingerprint density at radius 3 is 2.86 bits per heavy atom. The van der Waals surface area contributed by atoms with Gasteiger partial charge in [-0.1, -0.05) is 17.7 Å². The van der Waals surface area contributed by atoms with Gasteiger partial charge in [0.25, 0.3) is 0 Å². The van der Waals surface area contributed by atoms with Crippen LogP contribution in [0.25, 0.3) is 0 Å². The highest BCUT2D eigenvalue weighted by atomic mass is 35.5. The van der Waals surface area contributed by atoms with Crippen LogP contribution in [0, 0.1) is 0 Å². The Hall–Kier alpha value is -1.42. The lowest BCUT2D eigenvalue weighted by Gasteiger charge is -2.05. The highest BCUT2D eigenvalue weighted by Crippen LogP contribution is 2.24. The van der Waals surface area contributed by atoms with Gasteiger partial charge in [-0.05, 0) is 17.7 Å². The molecule has 0 aromatic heterocycles. The minimum Gasteiger partial charge on any atom is -0.495 e. The third-order valence-electron chi connectivity index (χ3n) is 1.66. The minimum absolute atomic E-state index is 0.235. The Morgan fingerprint density at radius 1 is 1.64 bits per heavy atom. The number of benzene rings is 1. The van der Waals surface area contributed by atoms with Gasteiger partial charge >= 0.3 is 6.09 Å². The molecule has 1 rings (SSSR count). The average molecular weight is 216 g/mol. The summed E-state index contributed by atoms with van der Waals surface area (Å²) in [5, 5.41) is 11.1. The Morgan fingerprint density at radius 2 is 2.36 bits per heavy atom. The second kappa shape index (κ2) is 4.72. The van der Waals surface area contributed by atoms with Crippen molar-refractivity contribution >= 4 is 17.7 Å². The van der Waals surface area contributed by atoms with Crippen LogP contribution in [0.1, 0.15) is 5.56 Å². The van der Waals surface area contributed by atoms with Gasteiger partial charge in [-0.25, -0.2) is 4.79 Å². The van der Waals surface area contributed by atoms with Gasteiger partial charge in [0.2, 0.25) is 0 Å². The second-order valence-corrected chi connectivity index (χ2v) is 3.03. The van der Waals surface area contributed by atoms with E-state index in [0.717, 1.165) is 5.56 Å². The molecular formula is C9H10ClNO3. The van der Waals surface area contributed by atoms with Crippen molar-refractivity contribution in [3.8, 4) is 5.75 Å². The quantitative estimate of drug-likeness (QED) is 0.812. The van der Waals surface area contributed by atoms with Crippen molar-refractivity contribution in [1.29, 1.82) is 0 Å². The molecule has 0 unspecified atom stereocenters. The van der Waals surface area contributed by atoms with E-state index >= 15 is 0 Å². The average Bonchev–Trinajstić information content (AvgIpc) is 2.15. The zero-order valence-corrected chi connectivity index (χ0v) is 8.34. The number of carboxylic acid groups (broad SMARTS) is 1. The molecule has 5 heteroatoms. The molecule has 0 atom stereocenters. The molecule has 2 N–H and O–H groups in total. The molecule has 76 valence electrons. The van der Waals surface area contributed by atoms with E-state index in [-0.39, 0.29) is 6.54 Å². The minimum atomic E-state index is -1.06. The Labute approximate surface area is 86.4 Å². The first kappa shape index (κ1) is 10.7. The molecular weight excluding hydrogens is 206 g/mol. The number of rotatable bonds is 3. The molecule has 0 saturated heterocycles. The lowest BCUT2D eigenvalue weighted by molar-refractivity contribution is 0.194. The standard InChI is InChI=1S/C9H10ClNO3/c1-14-8-3-2-6(4-7(8)10)5-11-9(12)13/h2-4,11H,5H2,1H3,(H,12,13). The van der Waals surface area contributed by atoms with Gasteiger partial charge in [-0.3, -0.25) is 0 Å². The molecule has 1 aromatic rings. The fourth-order valence-corrected chi connectivity index (χ4v) is 1.28. The van der Waals surface area contributed by atoms with E-state index < -0.39 is 6.09 Å².